The van der Waals surface area contributed by atoms with Gasteiger partial charge in [-0.1, -0.05) is 19.3 Å². The van der Waals surface area contributed by atoms with Crippen molar-refractivity contribution in [2.24, 2.45) is 0 Å². The zero-order valence-electron chi connectivity index (χ0n) is 15.7. The standard InChI is InChI=1S/C21H27NO4/c1-12-17-15(9-10-16-18(17)14(23)11-21(2,3)26-16)25-19(12)20(24)22-13-7-5-4-6-8-13/h9-10,13-14,23H,4-8,11H2,1-3H3,(H,22,24). The van der Waals surface area contributed by atoms with Gasteiger partial charge in [0.15, 0.2) is 5.76 Å². The highest BCUT2D eigenvalue weighted by atomic mass is 16.5. The van der Waals surface area contributed by atoms with Crippen LogP contribution in [0, 0.1) is 6.92 Å². The van der Waals surface area contributed by atoms with Crippen LogP contribution >= 0.6 is 0 Å². The fourth-order valence-electron chi connectivity index (χ4n) is 4.39. The molecule has 5 nitrogen and oxygen atoms in total. The average molecular weight is 357 g/mol. The molecule has 1 saturated carbocycles. The van der Waals surface area contributed by atoms with Crippen molar-refractivity contribution in [1.82, 2.24) is 5.32 Å². The molecule has 4 rings (SSSR count). The Kier molecular flexibility index (Phi) is 4.22. The number of aryl methyl sites for hydroxylation is 1. The smallest absolute Gasteiger partial charge is 0.287 e. The number of carbonyl (C=O) groups is 1. The number of carbonyl (C=O) groups excluding carboxylic acids is 1. The van der Waals surface area contributed by atoms with Crippen molar-refractivity contribution in [1.29, 1.82) is 0 Å². The van der Waals surface area contributed by atoms with Gasteiger partial charge in [0.25, 0.3) is 5.91 Å². The van der Waals surface area contributed by atoms with Crippen LogP contribution in [-0.2, 0) is 0 Å². The monoisotopic (exact) mass is 357 g/mol. The van der Waals surface area contributed by atoms with Gasteiger partial charge in [0, 0.05) is 29.0 Å². The van der Waals surface area contributed by atoms with Gasteiger partial charge in [-0.3, -0.25) is 4.79 Å². The first-order chi connectivity index (χ1) is 12.4. The third-order valence-corrected chi connectivity index (χ3v) is 5.65. The first kappa shape index (κ1) is 17.4. The fourth-order valence-corrected chi connectivity index (χ4v) is 4.39. The first-order valence-corrected chi connectivity index (χ1v) is 9.60. The molecule has 140 valence electrons. The number of aliphatic hydroxyl groups is 1. The number of amides is 1. The van der Waals surface area contributed by atoms with E-state index in [1.807, 2.05) is 32.9 Å². The molecule has 1 aliphatic heterocycles. The predicted molar refractivity (Wildman–Crippen MR) is 99.6 cm³/mol. The minimum absolute atomic E-state index is 0.161. The van der Waals surface area contributed by atoms with Gasteiger partial charge in [0.05, 0.1) is 6.10 Å². The van der Waals surface area contributed by atoms with Gasteiger partial charge in [0.2, 0.25) is 0 Å². The number of hydrogen-bond donors (Lipinski definition) is 2. The van der Waals surface area contributed by atoms with Crippen molar-refractivity contribution >= 4 is 16.9 Å². The summed E-state index contributed by atoms with van der Waals surface area (Å²) in [4.78, 5) is 12.8. The lowest BCUT2D eigenvalue weighted by Gasteiger charge is -2.35. The molecule has 1 aromatic heterocycles. The number of hydrogen-bond acceptors (Lipinski definition) is 4. The summed E-state index contributed by atoms with van der Waals surface area (Å²) in [5.41, 5.74) is 1.71. The maximum absolute atomic E-state index is 12.8. The van der Waals surface area contributed by atoms with E-state index in [1.54, 1.807) is 0 Å². The van der Waals surface area contributed by atoms with Crippen molar-refractivity contribution in [3.05, 3.63) is 29.0 Å². The summed E-state index contributed by atoms with van der Waals surface area (Å²) in [6.45, 7) is 5.82. The predicted octanol–water partition coefficient (Wildman–Crippen LogP) is 4.40. The number of fused-ring (bicyclic) bond motifs is 3. The average Bonchev–Trinajstić information content (AvgIpc) is 2.91. The first-order valence-electron chi connectivity index (χ1n) is 9.60. The fraction of sp³-hybridized carbons (Fsp3) is 0.571. The van der Waals surface area contributed by atoms with E-state index in [9.17, 15) is 9.90 Å². The molecule has 2 aromatic rings. The third kappa shape index (κ3) is 2.98. The number of nitrogens with one attached hydrogen (secondary N) is 1. The third-order valence-electron chi connectivity index (χ3n) is 5.65. The van der Waals surface area contributed by atoms with Gasteiger partial charge < -0.3 is 19.6 Å². The molecule has 0 saturated heterocycles. The Balaban J connectivity index is 1.71. The molecule has 1 aliphatic carbocycles. The summed E-state index contributed by atoms with van der Waals surface area (Å²) in [6.07, 6.45) is 5.50. The maximum Gasteiger partial charge on any atom is 0.287 e. The zero-order valence-corrected chi connectivity index (χ0v) is 15.7. The molecule has 0 radical (unpaired) electrons. The summed E-state index contributed by atoms with van der Waals surface area (Å²) in [5, 5.41) is 14.6. The number of aliphatic hydroxyl groups excluding tert-OH is 1. The van der Waals surface area contributed by atoms with Gasteiger partial charge >= 0.3 is 0 Å². The van der Waals surface area contributed by atoms with E-state index >= 15 is 0 Å². The molecule has 5 heteroatoms. The minimum Gasteiger partial charge on any atom is -0.487 e. The minimum atomic E-state index is -0.636. The van der Waals surface area contributed by atoms with Crippen molar-refractivity contribution < 1.29 is 19.1 Å². The van der Waals surface area contributed by atoms with Crippen LogP contribution < -0.4 is 10.1 Å². The van der Waals surface area contributed by atoms with Gasteiger partial charge in [-0.05, 0) is 45.7 Å². The van der Waals surface area contributed by atoms with Crippen molar-refractivity contribution in [3.63, 3.8) is 0 Å². The molecule has 1 atom stereocenters. The Morgan fingerprint density at radius 1 is 1.23 bits per heavy atom. The van der Waals surface area contributed by atoms with E-state index in [0.29, 0.717) is 23.5 Å². The molecule has 2 aliphatic rings. The topological polar surface area (TPSA) is 71.7 Å². The van der Waals surface area contributed by atoms with E-state index in [1.165, 1.54) is 6.42 Å². The van der Waals surface area contributed by atoms with Crippen LogP contribution in [0.5, 0.6) is 5.75 Å². The number of rotatable bonds is 2. The Bertz CT molecular complexity index is 845. The molecule has 2 N–H and O–H groups in total. The highest BCUT2D eigenvalue weighted by Crippen LogP contribution is 2.45. The highest BCUT2D eigenvalue weighted by Gasteiger charge is 2.35. The lowest BCUT2D eigenvalue weighted by molar-refractivity contribution is 0.0126. The number of ether oxygens (including phenoxy) is 1. The molecular weight excluding hydrogens is 330 g/mol. The summed E-state index contributed by atoms with van der Waals surface area (Å²) >= 11 is 0. The van der Waals surface area contributed by atoms with Crippen LogP contribution in [0.2, 0.25) is 0 Å². The molecule has 1 unspecified atom stereocenters. The summed E-state index contributed by atoms with van der Waals surface area (Å²) in [7, 11) is 0. The second kappa shape index (κ2) is 6.31. The Labute approximate surface area is 153 Å². The Morgan fingerprint density at radius 3 is 2.69 bits per heavy atom. The van der Waals surface area contributed by atoms with Crippen LogP contribution in [-0.4, -0.2) is 22.7 Å². The molecule has 0 spiro atoms. The summed E-state index contributed by atoms with van der Waals surface area (Å²) in [6, 6.07) is 3.88. The van der Waals surface area contributed by atoms with Crippen LogP contribution in [0.3, 0.4) is 0 Å². The largest absolute Gasteiger partial charge is 0.487 e. The van der Waals surface area contributed by atoms with Gasteiger partial charge in [-0.25, -0.2) is 0 Å². The highest BCUT2D eigenvalue weighted by molar-refractivity contribution is 6.00. The second-order valence-electron chi connectivity index (χ2n) is 8.30. The molecule has 26 heavy (non-hydrogen) atoms. The van der Waals surface area contributed by atoms with E-state index in [4.69, 9.17) is 9.15 Å². The summed E-state index contributed by atoms with van der Waals surface area (Å²) < 4.78 is 11.9. The maximum atomic E-state index is 12.8. The second-order valence-corrected chi connectivity index (χ2v) is 8.30. The molecular formula is C21H27NO4. The molecule has 1 fully saturated rings. The SMILES string of the molecule is Cc1c(C(=O)NC2CCCCC2)oc2ccc3c(c12)C(O)CC(C)(C)O3. The van der Waals surface area contributed by atoms with Crippen molar-refractivity contribution in [2.45, 2.75) is 77.0 Å². The molecule has 1 amide bonds. The lowest BCUT2D eigenvalue weighted by Crippen LogP contribution is -2.36. The van der Waals surface area contributed by atoms with Crippen LogP contribution in [0.4, 0.5) is 0 Å². The Hall–Kier alpha value is -2.01. The van der Waals surface area contributed by atoms with Gasteiger partial charge in [-0.2, -0.15) is 0 Å². The lowest BCUT2D eigenvalue weighted by atomic mass is 9.89. The normalized spacial score (nSPS) is 22.7. The number of benzene rings is 1. The Morgan fingerprint density at radius 2 is 1.96 bits per heavy atom. The number of furan rings is 1. The van der Waals surface area contributed by atoms with Crippen LogP contribution in [0.1, 0.15) is 80.2 Å². The van der Waals surface area contributed by atoms with Crippen molar-refractivity contribution in [3.8, 4) is 5.75 Å². The molecule has 0 bridgehead atoms. The molecule has 2 heterocycles. The van der Waals surface area contributed by atoms with Gasteiger partial charge in [0.1, 0.15) is 16.9 Å². The van der Waals surface area contributed by atoms with Crippen molar-refractivity contribution in [2.75, 3.05) is 0 Å². The van der Waals surface area contributed by atoms with E-state index < -0.39 is 11.7 Å². The van der Waals surface area contributed by atoms with Gasteiger partial charge in [-0.15, -0.1) is 0 Å². The van der Waals surface area contributed by atoms with Crippen LogP contribution in [0.25, 0.3) is 11.0 Å². The van der Waals surface area contributed by atoms with E-state index in [2.05, 4.69) is 5.32 Å². The molecule has 1 aromatic carbocycles. The quantitative estimate of drug-likeness (QED) is 0.836. The summed E-state index contributed by atoms with van der Waals surface area (Å²) in [5.74, 6) is 0.853. The zero-order chi connectivity index (χ0) is 18.5. The van der Waals surface area contributed by atoms with E-state index in [-0.39, 0.29) is 11.9 Å². The van der Waals surface area contributed by atoms with Crippen LogP contribution in [0.15, 0.2) is 16.5 Å². The van der Waals surface area contributed by atoms with E-state index in [0.717, 1.165) is 42.2 Å².